The first-order valence-electron chi connectivity index (χ1n) is 8.33. The maximum atomic E-state index is 12.7. The summed E-state index contributed by atoms with van der Waals surface area (Å²) in [4.78, 5) is 36.4. The first kappa shape index (κ1) is 20.0. The van der Waals surface area contributed by atoms with Crippen molar-refractivity contribution in [2.45, 2.75) is 19.4 Å². The van der Waals surface area contributed by atoms with Crippen LogP contribution in [0.5, 0.6) is 5.75 Å². The summed E-state index contributed by atoms with van der Waals surface area (Å²) in [5, 5.41) is 2.64. The number of esters is 2. The molecule has 1 N–H and O–H groups in total. The van der Waals surface area contributed by atoms with Gasteiger partial charge in [0.1, 0.15) is 5.75 Å². The number of anilines is 1. The smallest absolute Gasteiger partial charge is 0.339 e. The Bertz CT molecular complexity index is 818. The van der Waals surface area contributed by atoms with Crippen LogP contribution in [0.2, 0.25) is 0 Å². The standard InChI is InChI=1S/C20H21NO6/c1-4-17(27-14-8-6-5-7-9-14)18(22)21-16-12-13(19(23)25-2)10-11-15(16)20(24)26-3/h5-12,17H,4H2,1-3H3,(H,21,22). The van der Waals surface area contributed by atoms with E-state index in [1.807, 2.05) is 6.07 Å². The lowest BCUT2D eigenvalue weighted by molar-refractivity contribution is -0.122. The van der Waals surface area contributed by atoms with Crippen LogP contribution in [0.15, 0.2) is 48.5 Å². The van der Waals surface area contributed by atoms with Crippen molar-refractivity contribution in [3.05, 3.63) is 59.7 Å². The van der Waals surface area contributed by atoms with Gasteiger partial charge in [-0.05, 0) is 36.8 Å². The van der Waals surface area contributed by atoms with Crippen molar-refractivity contribution in [3.8, 4) is 5.75 Å². The minimum atomic E-state index is -0.778. The maximum Gasteiger partial charge on any atom is 0.339 e. The Morgan fingerprint density at radius 1 is 0.963 bits per heavy atom. The van der Waals surface area contributed by atoms with Gasteiger partial charge in [-0.1, -0.05) is 25.1 Å². The highest BCUT2D eigenvalue weighted by atomic mass is 16.5. The molecule has 0 fully saturated rings. The zero-order chi connectivity index (χ0) is 19.8. The van der Waals surface area contributed by atoms with Gasteiger partial charge in [-0.15, -0.1) is 0 Å². The van der Waals surface area contributed by atoms with Gasteiger partial charge in [-0.3, -0.25) is 4.79 Å². The topological polar surface area (TPSA) is 90.9 Å². The number of amides is 1. The van der Waals surface area contributed by atoms with Crippen molar-refractivity contribution < 1.29 is 28.6 Å². The molecule has 2 rings (SSSR count). The monoisotopic (exact) mass is 371 g/mol. The molecule has 0 heterocycles. The summed E-state index contributed by atoms with van der Waals surface area (Å²) >= 11 is 0. The highest BCUT2D eigenvalue weighted by Crippen LogP contribution is 2.21. The highest BCUT2D eigenvalue weighted by Gasteiger charge is 2.22. The highest BCUT2D eigenvalue weighted by molar-refractivity contribution is 6.04. The van der Waals surface area contributed by atoms with Gasteiger partial charge in [-0.2, -0.15) is 0 Å². The molecule has 7 nitrogen and oxygen atoms in total. The summed E-state index contributed by atoms with van der Waals surface area (Å²) in [5.41, 5.74) is 0.454. The van der Waals surface area contributed by atoms with E-state index in [1.54, 1.807) is 31.2 Å². The van der Waals surface area contributed by atoms with Crippen LogP contribution in [0.25, 0.3) is 0 Å². The second-order valence-electron chi connectivity index (χ2n) is 5.56. The molecular weight excluding hydrogens is 350 g/mol. The fourth-order valence-corrected chi connectivity index (χ4v) is 2.38. The fourth-order valence-electron chi connectivity index (χ4n) is 2.38. The number of hydrogen-bond donors (Lipinski definition) is 1. The van der Waals surface area contributed by atoms with Crippen molar-refractivity contribution >= 4 is 23.5 Å². The van der Waals surface area contributed by atoms with Gasteiger partial charge < -0.3 is 19.5 Å². The van der Waals surface area contributed by atoms with Crippen LogP contribution in [0.1, 0.15) is 34.1 Å². The van der Waals surface area contributed by atoms with Gasteiger partial charge in [0.15, 0.2) is 6.10 Å². The SMILES string of the molecule is CCC(Oc1ccccc1)C(=O)Nc1cc(C(=O)OC)ccc1C(=O)OC. The van der Waals surface area contributed by atoms with Crippen molar-refractivity contribution in [3.63, 3.8) is 0 Å². The summed E-state index contributed by atoms with van der Waals surface area (Å²) in [6.07, 6.45) is -0.370. The Hall–Kier alpha value is -3.35. The van der Waals surface area contributed by atoms with Gasteiger partial charge in [-0.25, -0.2) is 9.59 Å². The third kappa shape index (κ3) is 5.07. The molecule has 0 saturated carbocycles. The number of hydrogen-bond acceptors (Lipinski definition) is 6. The molecule has 142 valence electrons. The fraction of sp³-hybridized carbons (Fsp3) is 0.250. The van der Waals surface area contributed by atoms with Crippen LogP contribution in [0, 0.1) is 0 Å². The van der Waals surface area contributed by atoms with Crippen LogP contribution in [-0.4, -0.2) is 38.2 Å². The molecule has 2 aromatic carbocycles. The molecule has 0 spiro atoms. The minimum Gasteiger partial charge on any atom is -0.481 e. The van der Waals surface area contributed by atoms with Crippen LogP contribution < -0.4 is 10.1 Å². The third-order valence-corrected chi connectivity index (χ3v) is 3.79. The van der Waals surface area contributed by atoms with E-state index in [0.717, 1.165) is 0 Å². The number of benzene rings is 2. The molecule has 2 aromatic rings. The van der Waals surface area contributed by atoms with Gasteiger partial charge in [0, 0.05) is 0 Å². The van der Waals surface area contributed by atoms with E-state index >= 15 is 0 Å². The van der Waals surface area contributed by atoms with E-state index in [0.29, 0.717) is 12.2 Å². The Labute approximate surface area is 157 Å². The molecular formula is C20H21NO6. The zero-order valence-corrected chi connectivity index (χ0v) is 15.4. The predicted octanol–water partition coefficient (Wildman–Crippen LogP) is 3.06. The minimum absolute atomic E-state index is 0.119. The lowest BCUT2D eigenvalue weighted by Crippen LogP contribution is -2.33. The predicted molar refractivity (Wildman–Crippen MR) is 98.9 cm³/mol. The maximum absolute atomic E-state index is 12.7. The number of ether oxygens (including phenoxy) is 3. The molecule has 0 aliphatic carbocycles. The molecule has 27 heavy (non-hydrogen) atoms. The number of rotatable bonds is 7. The lowest BCUT2D eigenvalue weighted by atomic mass is 10.1. The Morgan fingerprint density at radius 3 is 2.22 bits per heavy atom. The molecule has 0 aliphatic heterocycles. The van der Waals surface area contributed by atoms with Gasteiger partial charge in [0.2, 0.25) is 0 Å². The van der Waals surface area contributed by atoms with E-state index in [4.69, 9.17) is 9.47 Å². The molecule has 0 aliphatic rings. The summed E-state index contributed by atoms with van der Waals surface area (Å²) in [7, 11) is 2.48. The van der Waals surface area contributed by atoms with Gasteiger partial charge >= 0.3 is 11.9 Å². The molecule has 0 saturated heterocycles. The number of carbonyl (C=O) groups is 3. The number of nitrogens with one attached hydrogen (secondary N) is 1. The first-order valence-corrected chi connectivity index (χ1v) is 8.33. The lowest BCUT2D eigenvalue weighted by Gasteiger charge is -2.18. The van der Waals surface area contributed by atoms with E-state index in [1.165, 1.54) is 32.4 Å². The largest absolute Gasteiger partial charge is 0.481 e. The van der Waals surface area contributed by atoms with Gasteiger partial charge in [0.05, 0.1) is 31.0 Å². The molecule has 0 radical (unpaired) electrons. The molecule has 0 bridgehead atoms. The molecule has 0 aromatic heterocycles. The molecule has 1 amide bonds. The van der Waals surface area contributed by atoms with Crippen LogP contribution in [-0.2, 0) is 14.3 Å². The summed E-state index contributed by atoms with van der Waals surface area (Å²) in [6, 6.07) is 13.1. The second kappa shape index (κ2) is 9.38. The van der Waals surface area contributed by atoms with Crippen LogP contribution >= 0.6 is 0 Å². The Morgan fingerprint density at radius 2 is 1.63 bits per heavy atom. The van der Waals surface area contributed by atoms with Crippen LogP contribution in [0.3, 0.4) is 0 Å². The van der Waals surface area contributed by atoms with Crippen LogP contribution in [0.4, 0.5) is 5.69 Å². The second-order valence-corrected chi connectivity index (χ2v) is 5.56. The van der Waals surface area contributed by atoms with E-state index in [2.05, 4.69) is 10.1 Å². The van der Waals surface area contributed by atoms with Crippen molar-refractivity contribution in [2.24, 2.45) is 0 Å². The quantitative estimate of drug-likeness (QED) is 0.752. The average molecular weight is 371 g/mol. The van der Waals surface area contributed by atoms with Crippen molar-refractivity contribution in [1.82, 2.24) is 0 Å². The first-order chi connectivity index (χ1) is 13.0. The Balaban J connectivity index is 2.27. The van der Waals surface area contributed by atoms with E-state index in [-0.39, 0.29) is 16.8 Å². The van der Waals surface area contributed by atoms with E-state index < -0.39 is 23.9 Å². The third-order valence-electron chi connectivity index (χ3n) is 3.79. The summed E-state index contributed by atoms with van der Waals surface area (Å²) in [5.74, 6) is -1.13. The number of carbonyl (C=O) groups excluding carboxylic acids is 3. The normalized spacial score (nSPS) is 11.2. The molecule has 1 unspecified atom stereocenters. The number of methoxy groups -OCH3 is 2. The van der Waals surface area contributed by atoms with Crippen molar-refractivity contribution in [2.75, 3.05) is 19.5 Å². The summed E-state index contributed by atoms with van der Waals surface area (Å²) in [6.45, 7) is 1.80. The molecule has 7 heteroatoms. The van der Waals surface area contributed by atoms with Crippen molar-refractivity contribution in [1.29, 1.82) is 0 Å². The molecule has 1 atom stereocenters. The Kier molecular flexibility index (Phi) is 6.93. The summed E-state index contributed by atoms with van der Waals surface area (Å²) < 4.78 is 15.1. The van der Waals surface area contributed by atoms with E-state index in [9.17, 15) is 14.4 Å². The van der Waals surface area contributed by atoms with Gasteiger partial charge in [0.25, 0.3) is 5.91 Å². The zero-order valence-electron chi connectivity index (χ0n) is 15.4. The average Bonchev–Trinajstić information content (AvgIpc) is 2.71. The number of para-hydroxylation sites is 1.